The number of aromatic nitrogens is 2. The maximum absolute atomic E-state index is 12.9. The number of hydrogen-bond donors (Lipinski definition) is 1. The molecule has 1 amide bonds. The molecule has 0 spiro atoms. The van der Waals surface area contributed by atoms with Crippen molar-refractivity contribution in [1.82, 2.24) is 15.1 Å². The van der Waals surface area contributed by atoms with Gasteiger partial charge < -0.3 is 19.5 Å². The van der Waals surface area contributed by atoms with E-state index in [0.717, 1.165) is 22.4 Å². The van der Waals surface area contributed by atoms with Crippen molar-refractivity contribution in [1.29, 1.82) is 0 Å². The molecule has 0 radical (unpaired) electrons. The van der Waals surface area contributed by atoms with Crippen molar-refractivity contribution in [3.63, 3.8) is 0 Å². The third-order valence-corrected chi connectivity index (χ3v) is 4.80. The highest BCUT2D eigenvalue weighted by Gasteiger charge is 2.20. The lowest BCUT2D eigenvalue weighted by molar-refractivity contribution is 0.0929. The topological polar surface area (TPSA) is 74.6 Å². The number of ether oxygens (including phenoxy) is 3. The molecule has 0 aliphatic carbocycles. The van der Waals surface area contributed by atoms with Crippen LogP contribution in [0.4, 0.5) is 0 Å². The maximum Gasteiger partial charge on any atom is 0.270 e. The number of carbonyl (C=O) groups is 1. The van der Waals surface area contributed by atoms with E-state index in [0.29, 0.717) is 36.0 Å². The summed E-state index contributed by atoms with van der Waals surface area (Å²) in [4.78, 5) is 12.9. The van der Waals surface area contributed by atoms with Gasteiger partial charge in [0.15, 0.2) is 0 Å². The first-order chi connectivity index (χ1) is 14.5. The molecule has 0 bridgehead atoms. The summed E-state index contributed by atoms with van der Waals surface area (Å²) < 4.78 is 17.5. The largest absolute Gasteiger partial charge is 0.497 e. The summed E-state index contributed by atoms with van der Waals surface area (Å²) >= 11 is 0. The molecule has 3 aromatic rings. The molecule has 30 heavy (non-hydrogen) atoms. The second-order valence-electron chi connectivity index (χ2n) is 6.93. The van der Waals surface area contributed by atoms with Crippen molar-refractivity contribution < 1.29 is 19.0 Å². The van der Waals surface area contributed by atoms with Gasteiger partial charge in [-0.05, 0) is 43.7 Å². The summed E-state index contributed by atoms with van der Waals surface area (Å²) in [7, 11) is 4.80. The van der Waals surface area contributed by atoms with E-state index in [1.807, 2.05) is 38.1 Å². The van der Waals surface area contributed by atoms with Crippen LogP contribution in [0, 0.1) is 13.8 Å². The lowest BCUT2D eigenvalue weighted by Crippen LogP contribution is -2.29. The average Bonchev–Trinajstić information content (AvgIpc) is 3.18. The maximum atomic E-state index is 12.9. The minimum absolute atomic E-state index is 0.224. The van der Waals surface area contributed by atoms with Crippen LogP contribution >= 0.6 is 0 Å². The minimum atomic E-state index is -0.224. The quantitative estimate of drug-likeness (QED) is 0.576. The molecule has 0 atom stereocenters. The van der Waals surface area contributed by atoms with E-state index in [2.05, 4.69) is 11.4 Å². The normalized spacial score (nSPS) is 10.7. The Kier molecular flexibility index (Phi) is 6.74. The number of methoxy groups -OCH3 is 3. The Morgan fingerprint density at radius 3 is 2.50 bits per heavy atom. The smallest absolute Gasteiger partial charge is 0.270 e. The molecule has 7 nitrogen and oxygen atoms in total. The molecule has 7 heteroatoms. The highest BCUT2D eigenvalue weighted by Crippen LogP contribution is 2.33. The lowest BCUT2D eigenvalue weighted by Gasteiger charge is -2.11. The van der Waals surface area contributed by atoms with Gasteiger partial charge in [0, 0.05) is 25.3 Å². The van der Waals surface area contributed by atoms with E-state index >= 15 is 0 Å². The highest BCUT2D eigenvalue weighted by atomic mass is 16.5. The number of nitrogens with one attached hydrogen (secondary N) is 1. The second-order valence-corrected chi connectivity index (χ2v) is 6.93. The van der Waals surface area contributed by atoms with Gasteiger partial charge in [-0.2, -0.15) is 5.10 Å². The first-order valence-electron chi connectivity index (χ1n) is 9.65. The number of hydrogen-bond acceptors (Lipinski definition) is 5. The third kappa shape index (κ3) is 4.46. The monoisotopic (exact) mass is 409 g/mol. The fourth-order valence-electron chi connectivity index (χ4n) is 3.27. The van der Waals surface area contributed by atoms with Gasteiger partial charge in [0.05, 0.1) is 32.2 Å². The Bertz CT molecular complexity index is 1040. The van der Waals surface area contributed by atoms with E-state index in [4.69, 9.17) is 19.3 Å². The van der Waals surface area contributed by atoms with Crippen molar-refractivity contribution in [3.8, 4) is 28.4 Å². The zero-order valence-corrected chi connectivity index (χ0v) is 18.0. The van der Waals surface area contributed by atoms with E-state index < -0.39 is 0 Å². The number of carbonyl (C=O) groups excluding carboxylic acids is 1. The number of amides is 1. The predicted molar refractivity (Wildman–Crippen MR) is 116 cm³/mol. The highest BCUT2D eigenvalue weighted by molar-refractivity contribution is 5.94. The first kappa shape index (κ1) is 21.4. The average molecular weight is 409 g/mol. The molecular formula is C23H27N3O4. The molecule has 0 saturated carbocycles. The van der Waals surface area contributed by atoms with Crippen LogP contribution in [0.25, 0.3) is 16.9 Å². The molecule has 2 aromatic carbocycles. The van der Waals surface area contributed by atoms with E-state index in [9.17, 15) is 4.79 Å². The molecule has 0 saturated heterocycles. The van der Waals surface area contributed by atoms with Crippen molar-refractivity contribution in [3.05, 3.63) is 59.3 Å². The van der Waals surface area contributed by atoms with Gasteiger partial charge >= 0.3 is 0 Å². The van der Waals surface area contributed by atoms with Crippen LogP contribution in [0.1, 0.15) is 21.6 Å². The lowest BCUT2D eigenvalue weighted by atomic mass is 10.1. The number of nitrogens with zero attached hydrogens (tertiary/aromatic N) is 2. The van der Waals surface area contributed by atoms with Crippen molar-refractivity contribution in [2.24, 2.45) is 0 Å². The molecule has 3 rings (SSSR count). The van der Waals surface area contributed by atoms with Crippen LogP contribution in [0.3, 0.4) is 0 Å². The summed E-state index contributed by atoms with van der Waals surface area (Å²) in [6.07, 6.45) is 0. The van der Waals surface area contributed by atoms with Crippen LogP contribution in [0.15, 0.2) is 42.5 Å². The molecule has 0 fully saturated rings. The minimum Gasteiger partial charge on any atom is -0.497 e. The Labute approximate surface area is 176 Å². The van der Waals surface area contributed by atoms with Crippen LogP contribution in [-0.4, -0.2) is 50.2 Å². The fraction of sp³-hybridized carbons (Fsp3) is 0.304. The summed E-state index contributed by atoms with van der Waals surface area (Å²) in [5.41, 5.74) is 4.85. The van der Waals surface area contributed by atoms with Gasteiger partial charge in [-0.1, -0.05) is 17.7 Å². The van der Waals surface area contributed by atoms with E-state index in [1.54, 1.807) is 38.1 Å². The van der Waals surface area contributed by atoms with Crippen LogP contribution < -0.4 is 14.8 Å². The van der Waals surface area contributed by atoms with Crippen molar-refractivity contribution in [2.45, 2.75) is 13.8 Å². The van der Waals surface area contributed by atoms with Crippen molar-refractivity contribution >= 4 is 5.91 Å². The molecule has 158 valence electrons. The summed E-state index contributed by atoms with van der Waals surface area (Å²) in [6, 6.07) is 13.3. The molecule has 1 N–H and O–H groups in total. The van der Waals surface area contributed by atoms with Crippen LogP contribution in [-0.2, 0) is 4.74 Å². The molecule has 0 aliphatic heterocycles. The number of aryl methyl sites for hydroxylation is 2. The summed E-state index contributed by atoms with van der Waals surface area (Å²) in [6.45, 7) is 4.88. The zero-order chi connectivity index (χ0) is 21.7. The van der Waals surface area contributed by atoms with Gasteiger partial charge in [0.1, 0.15) is 17.2 Å². The zero-order valence-electron chi connectivity index (χ0n) is 18.0. The molecule has 1 aromatic heterocycles. The van der Waals surface area contributed by atoms with Crippen molar-refractivity contribution in [2.75, 3.05) is 34.5 Å². The Morgan fingerprint density at radius 2 is 1.83 bits per heavy atom. The number of benzene rings is 2. The standard InChI is InChI=1S/C23H27N3O4/c1-15-6-9-20(16(2)12-15)26-21(23(27)24-10-11-28-3)14-19(25-26)18-8-7-17(29-4)13-22(18)30-5/h6-9,12-14H,10-11H2,1-5H3,(H,24,27). The SMILES string of the molecule is COCCNC(=O)c1cc(-c2ccc(OC)cc2OC)nn1-c1ccc(C)cc1C. The van der Waals surface area contributed by atoms with Gasteiger partial charge in [-0.3, -0.25) is 4.79 Å². The Balaban J connectivity index is 2.11. The van der Waals surface area contributed by atoms with E-state index in [1.165, 1.54) is 0 Å². The summed E-state index contributed by atoms with van der Waals surface area (Å²) in [5, 5.41) is 7.63. The fourth-order valence-corrected chi connectivity index (χ4v) is 3.27. The predicted octanol–water partition coefficient (Wildman–Crippen LogP) is 3.55. The summed E-state index contributed by atoms with van der Waals surface area (Å²) in [5.74, 6) is 1.08. The van der Waals surface area contributed by atoms with Gasteiger partial charge in [0.25, 0.3) is 5.91 Å². The molecular weight excluding hydrogens is 382 g/mol. The molecule has 0 unspecified atom stereocenters. The van der Waals surface area contributed by atoms with Gasteiger partial charge in [-0.25, -0.2) is 4.68 Å². The third-order valence-electron chi connectivity index (χ3n) is 4.80. The van der Waals surface area contributed by atoms with E-state index in [-0.39, 0.29) is 5.91 Å². The van der Waals surface area contributed by atoms with Gasteiger partial charge in [0.2, 0.25) is 0 Å². The molecule has 0 aliphatic rings. The number of rotatable bonds is 8. The Morgan fingerprint density at radius 1 is 1.03 bits per heavy atom. The van der Waals surface area contributed by atoms with Crippen LogP contribution in [0.5, 0.6) is 11.5 Å². The second kappa shape index (κ2) is 9.45. The van der Waals surface area contributed by atoms with Gasteiger partial charge in [-0.15, -0.1) is 0 Å². The Hall–Kier alpha value is -3.32. The van der Waals surface area contributed by atoms with Crippen LogP contribution in [0.2, 0.25) is 0 Å². The molecule has 1 heterocycles. The first-order valence-corrected chi connectivity index (χ1v) is 9.65.